The van der Waals surface area contributed by atoms with Crippen molar-refractivity contribution in [1.82, 2.24) is 9.97 Å². The second-order valence-corrected chi connectivity index (χ2v) is 5.91. The Balaban J connectivity index is 1.52. The van der Waals surface area contributed by atoms with E-state index < -0.39 is 0 Å². The summed E-state index contributed by atoms with van der Waals surface area (Å²) in [4.78, 5) is 19.6. The van der Waals surface area contributed by atoms with E-state index in [2.05, 4.69) is 15.3 Å². The molecule has 2 aliphatic carbocycles. The molecule has 3 atom stereocenters. The highest BCUT2D eigenvalue weighted by Crippen LogP contribution is 2.48. The number of aromatic amines is 1. The monoisotopic (exact) mass is 255 g/mol. The summed E-state index contributed by atoms with van der Waals surface area (Å²) in [7, 11) is 0. The maximum absolute atomic E-state index is 12.3. The number of nitrogens with one attached hydrogen (secondary N) is 2. The number of anilines is 1. The molecule has 0 radical (unpaired) electrons. The van der Waals surface area contributed by atoms with Gasteiger partial charge in [-0.1, -0.05) is 6.42 Å². The summed E-state index contributed by atoms with van der Waals surface area (Å²) in [6.07, 6.45) is 6.59. The molecule has 1 amide bonds. The Labute approximate surface area is 111 Å². The topological polar surface area (TPSA) is 57.8 Å². The Morgan fingerprint density at radius 2 is 2.26 bits per heavy atom. The zero-order valence-electron chi connectivity index (χ0n) is 10.7. The summed E-state index contributed by atoms with van der Waals surface area (Å²) in [6.45, 7) is 0. The number of carbonyl (C=O) groups excluding carboxylic acids is 1. The second-order valence-electron chi connectivity index (χ2n) is 5.91. The van der Waals surface area contributed by atoms with Crippen molar-refractivity contribution < 1.29 is 4.79 Å². The average molecular weight is 255 g/mol. The number of rotatable bonds is 2. The quantitative estimate of drug-likeness (QED) is 0.866. The van der Waals surface area contributed by atoms with Crippen molar-refractivity contribution >= 4 is 22.6 Å². The predicted octanol–water partition coefficient (Wildman–Crippen LogP) is 2.94. The van der Waals surface area contributed by atoms with Crippen LogP contribution in [0.4, 0.5) is 5.69 Å². The minimum atomic E-state index is 0.200. The van der Waals surface area contributed by atoms with Crippen LogP contribution in [0.5, 0.6) is 0 Å². The molecule has 2 bridgehead atoms. The van der Waals surface area contributed by atoms with E-state index in [1.165, 1.54) is 19.3 Å². The lowest BCUT2D eigenvalue weighted by Gasteiger charge is -2.20. The van der Waals surface area contributed by atoms with E-state index in [0.29, 0.717) is 5.92 Å². The lowest BCUT2D eigenvalue weighted by atomic mass is 9.88. The van der Waals surface area contributed by atoms with Crippen molar-refractivity contribution in [3.63, 3.8) is 0 Å². The molecule has 1 aromatic heterocycles. The summed E-state index contributed by atoms with van der Waals surface area (Å²) in [5.74, 6) is 1.86. The van der Waals surface area contributed by atoms with E-state index >= 15 is 0 Å². The highest BCUT2D eigenvalue weighted by molar-refractivity contribution is 5.94. The second kappa shape index (κ2) is 4.08. The van der Waals surface area contributed by atoms with Gasteiger partial charge in [0.05, 0.1) is 17.4 Å². The largest absolute Gasteiger partial charge is 0.345 e. The van der Waals surface area contributed by atoms with Gasteiger partial charge in [-0.2, -0.15) is 0 Å². The number of hydrogen-bond acceptors (Lipinski definition) is 2. The van der Waals surface area contributed by atoms with E-state index in [9.17, 15) is 4.79 Å². The summed E-state index contributed by atoms with van der Waals surface area (Å²) < 4.78 is 0. The van der Waals surface area contributed by atoms with Gasteiger partial charge in [-0.05, 0) is 49.3 Å². The first kappa shape index (κ1) is 11.0. The number of nitrogens with zero attached hydrogens (tertiary/aromatic N) is 1. The first-order chi connectivity index (χ1) is 9.29. The fourth-order valence-electron chi connectivity index (χ4n) is 3.81. The van der Waals surface area contributed by atoms with Crippen LogP contribution in [0.3, 0.4) is 0 Å². The number of fused-ring (bicyclic) bond motifs is 3. The minimum absolute atomic E-state index is 0.200. The molecule has 2 saturated carbocycles. The van der Waals surface area contributed by atoms with Crippen LogP contribution < -0.4 is 5.32 Å². The van der Waals surface area contributed by atoms with Crippen LogP contribution >= 0.6 is 0 Å². The molecule has 0 saturated heterocycles. The van der Waals surface area contributed by atoms with Gasteiger partial charge in [0.15, 0.2) is 0 Å². The molecular weight excluding hydrogens is 238 g/mol. The smallest absolute Gasteiger partial charge is 0.227 e. The maximum atomic E-state index is 12.3. The summed E-state index contributed by atoms with van der Waals surface area (Å²) in [6, 6.07) is 5.81. The fraction of sp³-hybridized carbons (Fsp3) is 0.467. The zero-order chi connectivity index (χ0) is 12.8. The van der Waals surface area contributed by atoms with E-state index in [1.807, 2.05) is 18.2 Å². The Morgan fingerprint density at radius 1 is 1.32 bits per heavy atom. The van der Waals surface area contributed by atoms with Crippen molar-refractivity contribution in [2.24, 2.45) is 17.8 Å². The molecule has 0 aliphatic heterocycles. The number of benzene rings is 1. The highest BCUT2D eigenvalue weighted by atomic mass is 16.1. The van der Waals surface area contributed by atoms with Gasteiger partial charge in [0, 0.05) is 11.6 Å². The predicted molar refractivity (Wildman–Crippen MR) is 73.7 cm³/mol. The Morgan fingerprint density at radius 3 is 3.05 bits per heavy atom. The van der Waals surface area contributed by atoms with E-state index in [0.717, 1.165) is 29.1 Å². The summed E-state index contributed by atoms with van der Waals surface area (Å²) in [5, 5.41) is 3.06. The number of aromatic nitrogens is 2. The van der Waals surface area contributed by atoms with Crippen molar-refractivity contribution in [3.8, 4) is 0 Å². The molecule has 2 fully saturated rings. The van der Waals surface area contributed by atoms with Crippen LogP contribution in [0.15, 0.2) is 24.5 Å². The molecule has 4 heteroatoms. The molecule has 98 valence electrons. The third kappa shape index (κ3) is 1.82. The molecular formula is C15H17N3O. The average Bonchev–Trinajstić information content (AvgIpc) is 3.13. The first-order valence-electron chi connectivity index (χ1n) is 7.03. The molecule has 4 rings (SSSR count). The molecule has 1 aromatic carbocycles. The van der Waals surface area contributed by atoms with Crippen molar-refractivity contribution in [1.29, 1.82) is 0 Å². The number of hydrogen-bond donors (Lipinski definition) is 2. The van der Waals surface area contributed by atoms with Crippen LogP contribution in [-0.2, 0) is 4.79 Å². The molecule has 2 aliphatic rings. The number of amides is 1. The molecule has 2 aromatic rings. The van der Waals surface area contributed by atoms with Gasteiger partial charge in [0.2, 0.25) is 5.91 Å². The molecule has 3 unspecified atom stereocenters. The van der Waals surface area contributed by atoms with Gasteiger partial charge in [-0.25, -0.2) is 4.98 Å². The van der Waals surface area contributed by atoms with Gasteiger partial charge < -0.3 is 10.3 Å². The molecule has 4 nitrogen and oxygen atoms in total. The molecule has 1 heterocycles. The highest BCUT2D eigenvalue weighted by Gasteiger charge is 2.42. The standard InChI is InChI=1S/C15H17N3O/c19-15(12-6-9-1-2-10(12)5-9)18-11-3-4-13-14(7-11)17-8-16-13/h3-4,7-10,12H,1-2,5-6H2,(H,16,17)(H,18,19). The van der Waals surface area contributed by atoms with Crippen LogP contribution in [-0.4, -0.2) is 15.9 Å². The maximum Gasteiger partial charge on any atom is 0.227 e. The van der Waals surface area contributed by atoms with Crippen molar-refractivity contribution in [2.45, 2.75) is 25.7 Å². The van der Waals surface area contributed by atoms with E-state index in [1.54, 1.807) is 6.33 Å². The van der Waals surface area contributed by atoms with Crippen LogP contribution in [0.2, 0.25) is 0 Å². The van der Waals surface area contributed by atoms with Crippen LogP contribution in [0.1, 0.15) is 25.7 Å². The third-order valence-electron chi connectivity index (χ3n) is 4.76. The van der Waals surface area contributed by atoms with E-state index in [-0.39, 0.29) is 11.8 Å². The SMILES string of the molecule is O=C(Nc1ccc2nc[nH]c2c1)C1CC2CCC1C2. The number of carbonyl (C=O) groups is 1. The first-order valence-corrected chi connectivity index (χ1v) is 7.03. The normalized spacial score (nSPS) is 28.9. The van der Waals surface area contributed by atoms with Gasteiger partial charge in [0.1, 0.15) is 0 Å². The molecule has 0 spiro atoms. The zero-order valence-corrected chi connectivity index (χ0v) is 10.7. The fourth-order valence-corrected chi connectivity index (χ4v) is 3.81. The lowest BCUT2D eigenvalue weighted by Crippen LogP contribution is -2.27. The van der Waals surface area contributed by atoms with Gasteiger partial charge in [-0.15, -0.1) is 0 Å². The Kier molecular flexibility index (Phi) is 2.37. The number of H-pyrrole nitrogens is 1. The van der Waals surface area contributed by atoms with Crippen molar-refractivity contribution in [2.75, 3.05) is 5.32 Å². The summed E-state index contributed by atoms with van der Waals surface area (Å²) >= 11 is 0. The van der Waals surface area contributed by atoms with Crippen LogP contribution in [0.25, 0.3) is 11.0 Å². The summed E-state index contributed by atoms with van der Waals surface area (Å²) in [5.41, 5.74) is 2.76. The molecule has 2 N–H and O–H groups in total. The minimum Gasteiger partial charge on any atom is -0.345 e. The Bertz CT molecular complexity index is 633. The van der Waals surface area contributed by atoms with Crippen molar-refractivity contribution in [3.05, 3.63) is 24.5 Å². The Hall–Kier alpha value is -1.84. The number of imidazole rings is 1. The van der Waals surface area contributed by atoms with E-state index in [4.69, 9.17) is 0 Å². The van der Waals surface area contributed by atoms with Gasteiger partial charge >= 0.3 is 0 Å². The molecule has 19 heavy (non-hydrogen) atoms. The third-order valence-corrected chi connectivity index (χ3v) is 4.76. The van der Waals surface area contributed by atoms with Gasteiger partial charge in [0.25, 0.3) is 0 Å². The lowest BCUT2D eigenvalue weighted by molar-refractivity contribution is -0.121. The van der Waals surface area contributed by atoms with Gasteiger partial charge in [-0.3, -0.25) is 4.79 Å². The van der Waals surface area contributed by atoms with Crippen LogP contribution in [0, 0.1) is 17.8 Å².